The van der Waals surface area contributed by atoms with Gasteiger partial charge in [0.05, 0.1) is 5.69 Å². The van der Waals surface area contributed by atoms with Crippen molar-refractivity contribution in [1.29, 1.82) is 0 Å². The third-order valence-electron chi connectivity index (χ3n) is 3.64. The van der Waals surface area contributed by atoms with Crippen LogP contribution in [0.2, 0.25) is 0 Å². The lowest BCUT2D eigenvalue weighted by molar-refractivity contribution is 0.412. The highest BCUT2D eigenvalue weighted by Crippen LogP contribution is 2.36. The number of nitrogens with two attached hydrogens (primary N) is 1. The minimum atomic E-state index is 0.682. The molecule has 1 aliphatic rings. The van der Waals surface area contributed by atoms with Crippen molar-refractivity contribution in [3.8, 4) is 11.8 Å². The molecule has 1 heterocycles. The molecule has 2 nitrogen and oxygen atoms in total. The van der Waals surface area contributed by atoms with Gasteiger partial charge < -0.3 is 5.73 Å². The Morgan fingerprint density at radius 1 is 1.32 bits per heavy atom. The van der Waals surface area contributed by atoms with Gasteiger partial charge in [-0.3, -0.25) is 0 Å². The van der Waals surface area contributed by atoms with Crippen molar-refractivity contribution in [2.75, 3.05) is 5.73 Å². The number of hydrogen-bond acceptors (Lipinski definition) is 3. The van der Waals surface area contributed by atoms with Crippen molar-refractivity contribution < 1.29 is 0 Å². The van der Waals surface area contributed by atoms with Gasteiger partial charge in [-0.25, -0.2) is 4.98 Å². The van der Waals surface area contributed by atoms with Crippen LogP contribution in [0.4, 0.5) is 5.69 Å². The standard InChI is InChI=1S/C16H16N2S/c1-11-5-6-12(9-14(11)17)7-8-16-18-15(10-19-16)13-3-2-4-13/h5-6,9-10,13H,2-4,17H2,1H3. The fraction of sp³-hybridized carbons (Fsp3) is 0.312. The third-order valence-corrected chi connectivity index (χ3v) is 4.41. The number of nitrogen functional groups attached to an aromatic ring is 1. The second kappa shape index (κ2) is 5.07. The maximum atomic E-state index is 5.88. The van der Waals surface area contributed by atoms with Gasteiger partial charge in [-0.15, -0.1) is 11.3 Å². The Balaban J connectivity index is 1.78. The van der Waals surface area contributed by atoms with Crippen LogP contribution in [0, 0.1) is 18.8 Å². The normalized spacial score (nSPS) is 14.6. The molecule has 0 radical (unpaired) electrons. The Morgan fingerprint density at radius 2 is 2.16 bits per heavy atom. The highest BCUT2D eigenvalue weighted by molar-refractivity contribution is 7.10. The summed E-state index contributed by atoms with van der Waals surface area (Å²) in [4.78, 5) is 4.60. The second-order valence-electron chi connectivity index (χ2n) is 5.03. The molecule has 96 valence electrons. The lowest BCUT2D eigenvalue weighted by Gasteiger charge is -2.22. The average Bonchev–Trinajstić information content (AvgIpc) is 2.77. The molecule has 1 aliphatic carbocycles. The molecule has 19 heavy (non-hydrogen) atoms. The molecule has 0 bridgehead atoms. The van der Waals surface area contributed by atoms with Crippen molar-refractivity contribution in [3.63, 3.8) is 0 Å². The van der Waals surface area contributed by atoms with Crippen LogP contribution in [-0.2, 0) is 0 Å². The van der Waals surface area contributed by atoms with E-state index in [-0.39, 0.29) is 0 Å². The van der Waals surface area contributed by atoms with E-state index in [0.29, 0.717) is 5.92 Å². The van der Waals surface area contributed by atoms with Crippen LogP contribution in [-0.4, -0.2) is 4.98 Å². The van der Waals surface area contributed by atoms with E-state index in [4.69, 9.17) is 5.73 Å². The SMILES string of the molecule is Cc1ccc(C#Cc2nc(C3CCC3)cs2)cc1N. The maximum Gasteiger partial charge on any atom is 0.167 e. The van der Waals surface area contributed by atoms with Crippen LogP contribution in [0.15, 0.2) is 23.6 Å². The number of aromatic nitrogens is 1. The summed E-state index contributed by atoms with van der Waals surface area (Å²) in [5.41, 5.74) is 9.93. The number of anilines is 1. The van der Waals surface area contributed by atoms with Gasteiger partial charge in [-0.05, 0) is 43.4 Å². The molecular weight excluding hydrogens is 252 g/mol. The predicted molar refractivity (Wildman–Crippen MR) is 80.3 cm³/mol. The molecule has 1 aromatic carbocycles. The first-order chi connectivity index (χ1) is 9.22. The van der Waals surface area contributed by atoms with E-state index in [0.717, 1.165) is 21.8 Å². The molecule has 2 aromatic rings. The Hall–Kier alpha value is -1.79. The molecule has 1 aromatic heterocycles. The average molecular weight is 268 g/mol. The minimum absolute atomic E-state index is 0.682. The topological polar surface area (TPSA) is 38.9 Å². The second-order valence-corrected chi connectivity index (χ2v) is 5.88. The number of rotatable bonds is 1. The predicted octanol–water partition coefficient (Wildman–Crippen LogP) is 3.70. The molecular formula is C16H16N2S. The van der Waals surface area contributed by atoms with Crippen LogP contribution in [0.3, 0.4) is 0 Å². The molecule has 3 heteroatoms. The van der Waals surface area contributed by atoms with Gasteiger partial charge in [0.1, 0.15) is 0 Å². The number of thiazole rings is 1. The van der Waals surface area contributed by atoms with Crippen LogP contribution in [0.25, 0.3) is 0 Å². The zero-order chi connectivity index (χ0) is 13.2. The number of benzene rings is 1. The summed E-state index contributed by atoms with van der Waals surface area (Å²) in [7, 11) is 0. The molecule has 2 N–H and O–H groups in total. The van der Waals surface area contributed by atoms with Crippen LogP contribution >= 0.6 is 11.3 Å². The van der Waals surface area contributed by atoms with Crippen molar-refractivity contribution in [2.24, 2.45) is 0 Å². The van der Waals surface area contributed by atoms with Crippen molar-refractivity contribution in [3.05, 3.63) is 45.4 Å². The Labute approximate surface area is 117 Å². The highest BCUT2D eigenvalue weighted by Gasteiger charge is 2.21. The first-order valence-electron chi connectivity index (χ1n) is 6.56. The summed E-state index contributed by atoms with van der Waals surface area (Å²) in [6.45, 7) is 2.00. The van der Waals surface area contributed by atoms with Gasteiger partial charge in [-0.2, -0.15) is 0 Å². The van der Waals surface area contributed by atoms with E-state index < -0.39 is 0 Å². The zero-order valence-corrected chi connectivity index (χ0v) is 11.8. The molecule has 1 saturated carbocycles. The quantitative estimate of drug-likeness (QED) is 0.632. The van der Waals surface area contributed by atoms with Gasteiger partial charge in [0.2, 0.25) is 0 Å². The molecule has 0 unspecified atom stereocenters. The smallest absolute Gasteiger partial charge is 0.167 e. The van der Waals surface area contributed by atoms with E-state index in [1.54, 1.807) is 11.3 Å². The van der Waals surface area contributed by atoms with Gasteiger partial charge in [0.25, 0.3) is 0 Å². The third kappa shape index (κ3) is 2.64. The molecule has 0 amide bonds. The van der Waals surface area contributed by atoms with E-state index in [1.807, 2.05) is 25.1 Å². The van der Waals surface area contributed by atoms with Crippen LogP contribution in [0.1, 0.15) is 47.0 Å². The molecule has 0 atom stereocenters. The summed E-state index contributed by atoms with van der Waals surface area (Å²) in [6.07, 6.45) is 3.90. The zero-order valence-electron chi connectivity index (χ0n) is 10.9. The van der Waals surface area contributed by atoms with Crippen molar-refractivity contribution in [1.82, 2.24) is 4.98 Å². The van der Waals surface area contributed by atoms with Crippen LogP contribution < -0.4 is 5.73 Å². The van der Waals surface area contributed by atoms with E-state index >= 15 is 0 Å². The summed E-state index contributed by atoms with van der Waals surface area (Å²) >= 11 is 1.64. The Kier molecular flexibility index (Phi) is 3.27. The number of hydrogen-bond donors (Lipinski definition) is 1. The largest absolute Gasteiger partial charge is 0.398 e. The van der Waals surface area contributed by atoms with E-state index in [1.165, 1.54) is 25.0 Å². The lowest BCUT2D eigenvalue weighted by Crippen LogP contribution is -2.08. The first-order valence-corrected chi connectivity index (χ1v) is 7.44. The highest BCUT2D eigenvalue weighted by atomic mass is 32.1. The lowest BCUT2D eigenvalue weighted by atomic mass is 9.83. The summed E-state index contributed by atoms with van der Waals surface area (Å²) in [6, 6.07) is 5.92. The summed E-state index contributed by atoms with van der Waals surface area (Å²) < 4.78 is 0. The van der Waals surface area contributed by atoms with Gasteiger partial charge in [0.15, 0.2) is 5.01 Å². The minimum Gasteiger partial charge on any atom is -0.398 e. The molecule has 1 fully saturated rings. The van der Waals surface area contributed by atoms with Gasteiger partial charge in [-0.1, -0.05) is 18.4 Å². The Bertz CT molecular complexity index is 657. The maximum absolute atomic E-state index is 5.88. The van der Waals surface area contributed by atoms with Crippen molar-refractivity contribution in [2.45, 2.75) is 32.1 Å². The fourth-order valence-corrected chi connectivity index (χ4v) is 2.82. The molecule has 0 spiro atoms. The van der Waals surface area contributed by atoms with Gasteiger partial charge in [0, 0.05) is 22.5 Å². The number of aryl methyl sites for hydroxylation is 1. The van der Waals surface area contributed by atoms with E-state index in [2.05, 4.69) is 22.2 Å². The first kappa shape index (κ1) is 12.3. The summed E-state index contributed by atoms with van der Waals surface area (Å²) in [5, 5.41) is 3.05. The molecule has 3 rings (SSSR count). The number of nitrogens with zero attached hydrogens (tertiary/aromatic N) is 1. The summed E-state index contributed by atoms with van der Waals surface area (Å²) in [5.74, 6) is 6.95. The van der Waals surface area contributed by atoms with Gasteiger partial charge >= 0.3 is 0 Å². The Morgan fingerprint density at radius 3 is 2.84 bits per heavy atom. The monoisotopic (exact) mass is 268 g/mol. The molecule has 0 aliphatic heterocycles. The van der Waals surface area contributed by atoms with Crippen LogP contribution in [0.5, 0.6) is 0 Å². The molecule has 0 saturated heterocycles. The van der Waals surface area contributed by atoms with Crippen molar-refractivity contribution >= 4 is 17.0 Å². The fourth-order valence-electron chi connectivity index (χ4n) is 2.08. The van der Waals surface area contributed by atoms with E-state index in [9.17, 15) is 0 Å².